The lowest BCUT2D eigenvalue weighted by Crippen LogP contribution is -2.41. The summed E-state index contributed by atoms with van der Waals surface area (Å²) in [6.07, 6.45) is 0.965. The third-order valence-electron chi connectivity index (χ3n) is 4.22. The van der Waals surface area contributed by atoms with Crippen LogP contribution in [0, 0.1) is 20.8 Å². The van der Waals surface area contributed by atoms with Crippen LogP contribution in [-0.2, 0) is 4.79 Å². The predicted octanol–water partition coefficient (Wildman–Crippen LogP) is 4.64. The van der Waals surface area contributed by atoms with E-state index in [4.69, 9.17) is 9.73 Å². The van der Waals surface area contributed by atoms with E-state index in [1.54, 1.807) is 16.7 Å². The Balaban J connectivity index is 1.74. The van der Waals surface area contributed by atoms with E-state index in [1.165, 1.54) is 0 Å². The van der Waals surface area contributed by atoms with Gasteiger partial charge in [0.05, 0.1) is 5.69 Å². The maximum Gasteiger partial charge on any atom is 0.266 e. The molecular formula is C21H24N2O2S. The van der Waals surface area contributed by atoms with Crippen molar-refractivity contribution in [2.24, 2.45) is 4.99 Å². The van der Waals surface area contributed by atoms with Crippen LogP contribution in [0.15, 0.2) is 47.5 Å². The van der Waals surface area contributed by atoms with Crippen LogP contribution < -0.4 is 4.74 Å². The number of benzene rings is 2. The van der Waals surface area contributed by atoms with Crippen LogP contribution in [0.2, 0.25) is 0 Å². The maximum absolute atomic E-state index is 12.7. The highest BCUT2D eigenvalue weighted by atomic mass is 32.2. The van der Waals surface area contributed by atoms with Crippen molar-refractivity contribution >= 4 is 28.5 Å². The number of hydrogen-bond donors (Lipinski definition) is 0. The van der Waals surface area contributed by atoms with Crippen molar-refractivity contribution in [3.63, 3.8) is 0 Å². The predicted molar refractivity (Wildman–Crippen MR) is 108 cm³/mol. The molecule has 1 amide bonds. The van der Waals surface area contributed by atoms with Gasteiger partial charge in [0.1, 0.15) is 5.75 Å². The second-order valence-corrected chi connectivity index (χ2v) is 7.60. The number of amides is 1. The van der Waals surface area contributed by atoms with E-state index in [-0.39, 0.29) is 12.5 Å². The van der Waals surface area contributed by atoms with Crippen molar-refractivity contribution in [1.29, 1.82) is 0 Å². The molecule has 0 aliphatic carbocycles. The smallest absolute Gasteiger partial charge is 0.266 e. The molecule has 1 aliphatic heterocycles. The summed E-state index contributed by atoms with van der Waals surface area (Å²) in [7, 11) is 0. The number of nitrogens with zero attached hydrogens (tertiary/aromatic N) is 2. The third-order valence-corrected chi connectivity index (χ3v) is 5.28. The number of rotatable bonds is 4. The minimum absolute atomic E-state index is 0.0236. The van der Waals surface area contributed by atoms with Crippen molar-refractivity contribution < 1.29 is 9.53 Å². The number of ether oxygens (including phenoxy) is 1. The minimum Gasteiger partial charge on any atom is -0.484 e. The van der Waals surface area contributed by atoms with Crippen LogP contribution >= 0.6 is 11.8 Å². The fourth-order valence-corrected chi connectivity index (χ4v) is 3.72. The fourth-order valence-electron chi connectivity index (χ4n) is 2.75. The van der Waals surface area contributed by atoms with E-state index in [0.717, 1.165) is 45.5 Å². The molecular weight excluding hydrogens is 344 g/mol. The van der Waals surface area contributed by atoms with Crippen LogP contribution in [0.25, 0.3) is 0 Å². The Labute approximate surface area is 159 Å². The Morgan fingerprint density at radius 1 is 1.15 bits per heavy atom. The van der Waals surface area contributed by atoms with Crippen LogP contribution in [0.4, 0.5) is 5.69 Å². The molecule has 136 valence electrons. The van der Waals surface area contributed by atoms with Crippen molar-refractivity contribution in [2.45, 2.75) is 27.2 Å². The average molecular weight is 369 g/mol. The quantitative estimate of drug-likeness (QED) is 0.789. The lowest BCUT2D eigenvalue weighted by Gasteiger charge is -2.28. The molecule has 1 fully saturated rings. The highest BCUT2D eigenvalue weighted by Crippen LogP contribution is 2.26. The summed E-state index contributed by atoms with van der Waals surface area (Å²) in [5.41, 5.74) is 4.31. The zero-order valence-electron chi connectivity index (χ0n) is 15.5. The largest absolute Gasteiger partial charge is 0.484 e. The molecule has 0 aromatic heterocycles. The molecule has 5 heteroatoms. The SMILES string of the molecule is Cc1cccc(OCC(=O)N2CCCSC2=Nc2cc(C)ccc2C)c1. The number of thioether (sulfide) groups is 1. The van der Waals surface area contributed by atoms with E-state index < -0.39 is 0 Å². The molecule has 0 radical (unpaired) electrons. The van der Waals surface area contributed by atoms with Crippen LogP contribution in [-0.4, -0.2) is 34.9 Å². The Morgan fingerprint density at radius 2 is 1.96 bits per heavy atom. The number of aliphatic imine (C=N–C) groups is 1. The van der Waals surface area contributed by atoms with Gasteiger partial charge in [-0.25, -0.2) is 4.99 Å². The zero-order chi connectivity index (χ0) is 18.5. The summed E-state index contributed by atoms with van der Waals surface area (Å²) in [4.78, 5) is 19.3. The molecule has 0 saturated carbocycles. The van der Waals surface area contributed by atoms with Gasteiger partial charge in [0.2, 0.25) is 0 Å². The van der Waals surface area contributed by atoms with Gasteiger partial charge in [-0.05, 0) is 62.1 Å². The maximum atomic E-state index is 12.7. The van der Waals surface area contributed by atoms with Gasteiger partial charge in [0, 0.05) is 12.3 Å². The number of carbonyl (C=O) groups is 1. The van der Waals surface area contributed by atoms with Crippen LogP contribution in [0.5, 0.6) is 5.75 Å². The Bertz CT molecular complexity index is 833. The molecule has 1 saturated heterocycles. The fraction of sp³-hybridized carbons (Fsp3) is 0.333. The molecule has 2 aromatic rings. The normalized spacial score (nSPS) is 16.0. The van der Waals surface area contributed by atoms with Gasteiger partial charge in [0.15, 0.2) is 11.8 Å². The third kappa shape index (κ3) is 4.67. The van der Waals surface area contributed by atoms with Gasteiger partial charge in [-0.3, -0.25) is 9.69 Å². The summed E-state index contributed by atoms with van der Waals surface area (Å²) in [5.74, 6) is 1.64. The molecule has 0 N–H and O–H groups in total. The number of amidine groups is 1. The van der Waals surface area contributed by atoms with Crippen molar-refractivity contribution in [2.75, 3.05) is 18.9 Å². The Hall–Kier alpha value is -2.27. The van der Waals surface area contributed by atoms with E-state index >= 15 is 0 Å². The van der Waals surface area contributed by atoms with Crippen LogP contribution in [0.3, 0.4) is 0 Å². The number of hydrogen-bond acceptors (Lipinski definition) is 4. The van der Waals surface area contributed by atoms with Gasteiger partial charge >= 0.3 is 0 Å². The first-order chi connectivity index (χ1) is 12.5. The number of carbonyl (C=O) groups excluding carboxylic acids is 1. The minimum atomic E-state index is -0.0530. The Morgan fingerprint density at radius 3 is 2.77 bits per heavy atom. The first-order valence-electron chi connectivity index (χ1n) is 8.81. The lowest BCUT2D eigenvalue weighted by molar-refractivity contribution is -0.129. The molecule has 3 rings (SSSR count). The summed E-state index contributed by atoms with van der Waals surface area (Å²) in [6.45, 7) is 6.81. The molecule has 0 spiro atoms. The van der Waals surface area contributed by atoms with Gasteiger partial charge < -0.3 is 4.74 Å². The van der Waals surface area contributed by atoms with E-state index in [2.05, 4.69) is 25.1 Å². The van der Waals surface area contributed by atoms with E-state index in [0.29, 0.717) is 6.54 Å². The van der Waals surface area contributed by atoms with E-state index in [9.17, 15) is 4.79 Å². The molecule has 1 aliphatic rings. The molecule has 0 unspecified atom stereocenters. The summed E-state index contributed by atoms with van der Waals surface area (Å²) >= 11 is 1.63. The summed E-state index contributed by atoms with van der Waals surface area (Å²) < 4.78 is 5.69. The van der Waals surface area contributed by atoms with E-state index in [1.807, 2.05) is 38.1 Å². The molecule has 26 heavy (non-hydrogen) atoms. The van der Waals surface area contributed by atoms with Gasteiger partial charge in [0.25, 0.3) is 5.91 Å². The van der Waals surface area contributed by atoms with Gasteiger partial charge in [-0.1, -0.05) is 36.0 Å². The highest BCUT2D eigenvalue weighted by Gasteiger charge is 2.24. The summed E-state index contributed by atoms with van der Waals surface area (Å²) in [5, 5.41) is 0.766. The Kier molecular flexibility index (Phi) is 5.99. The lowest BCUT2D eigenvalue weighted by atomic mass is 10.1. The first-order valence-corrected chi connectivity index (χ1v) is 9.80. The molecule has 1 heterocycles. The molecule has 4 nitrogen and oxygen atoms in total. The first kappa shape index (κ1) is 18.5. The highest BCUT2D eigenvalue weighted by molar-refractivity contribution is 8.13. The van der Waals surface area contributed by atoms with Crippen molar-refractivity contribution in [3.8, 4) is 5.75 Å². The second-order valence-electron chi connectivity index (χ2n) is 6.54. The van der Waals surface area contributed by atoms with Crippen molar-refractivity contribution in [3.05, 3.63) is 59.2 Å². The van der Waals surface area contributed by atoms with Crippen molar-refractivity contribution in [1.82, 2.24) is 4.90 Å². The molecule has 0 atom stereocenters. The standard InChI is InChI=1S/C21H24N2O2S/c1-15-6-4-7-18(12-15)25-14-20(24)23-10-5-11-26-21(23)22-19-13-16(2)8-9-17(19)3/h4,6-9,12-13H,5,10-11,14H2,1-3H3. The molecule has 2 aromatic carbocycles. The number of aryl methyl sites for hydroxylation is 3. The zero-order valence-corrected chi connectivity index (χ0v) is 16.3. The summed E-state index contributed by atoms with van der Waals surface area (Å²) in [6, 6.07) is 13.9. The monoisotopic (exact) mass is 368 g/mol. The molecule has 0 bridgehead atoms. The average Bonchev–Trinajstić information content (AvgIpc) is 2.63. The topological polar surface area (TPSA) is 41.9 Å². The van der Waals surface area contributed by atoms with Gasteiger partial charge in [-0.2, -0.15) is 0 Å². The van der Waals surface area contributed by atoms with Crippen LogP contribution in [0.1, 0.15) is 23.1 Å². The second kappa shape index (κ2) is 8.41. The van der Waals surface area contributed by atoms with Gasteiger partial charge in [-0.15, -0.1) is 0 Å².